The monoisotopic (exact) mass is 178 g/mol. The number of hydrogen-bond donors (Lipinski definition) is 0. The molecule has 0 nitrogen and oxygen atoms in total. The average Bonchev–Trinajstić information content (AvgIpc) is 2.15. The molecule has 1 aliphatic carbocycles. The zero-order valence-electron chi connectivity index (χ0n) is 9.05. The fourth-order valence-corrected chi connectivity index (χ4v) is 2.03. The molecule has 0 unspecified atom stereocenters. The van der Waals surface area contributed by atoms with E-state index in [2.05, 4.69) is 26.5 Å². The van der Waals surface area contributed by atoms with Crippen molar-refractivity contribution in [2.45, 2.75) is 46.0 Å². The van der Waals surface area contributed by atoms with Gasteiger partial charge in [0.05, 0.1) is 0 Å². The molecule has 0 saturated heterocycles. The van der Waals surface area contributed by atoms with Gasteiger partial charge in [0.25, 0.3) is 0 Å². The number of hydrogen-bond acceptors (Lipinski definition) is 0. The quantitative estimate of drug-likeness (QED) is 0.562. The minimum absolute atomic E-state index is 0.859. The Balaban J connectivity index is 2.34. The van der Waals surface area contributed by atoms with Crippen LogP contribution in [0.2, 0.25) is 0 Å². The Morgan fingerprint density at radius 3 is 2.85 bits per heavy atom. The van der Waals surface area contributed by atoms with Gasteiger partial charge in [-0.1, -0.05) is 31.6 Å². The van der Waals surface area contributed by atoms with Gasteiger partial charge in [0, 0.05) is 0 Å². The molecule has 0 heterocycles. The Morgan fingerprint density at radius 1 is 1.62 bits per heavy atom. The van der Waals surface area contributed by atoms with Crippen LogP contribution >= 0.6 is 0 Å². The van der Waals surface area contributed by atoms with E-state index in [4.69, 9.17) is 0 Å². The molecule has 0 aromatic heterocycles. The highest BCUT2D eigenvalue weighted by Crippen LogP contribution is 2.30. The third-order valence-electron chi connectivity index (χ3n) is 3.16. The molecule has 0 spiro atoms. The summed E-state index contributed by atoms with van der Waals surface area (Å²) in [6, 6.07) is 0. The molecular weight excluding hydrogens is 156 g/mol. The van der Waals surface area contributed by atoms with Gasteiger partial charge in [-0.3, -0.25) is 0 Å². The van der Waals surface area contributed by atoms with Crippen LogP contribution in [0.1, 0.15) is 46.0 Å². The Labute approximate surface area is 82.7 Å². The Morgan fingerprint density at radius 2 is 2.38 bits per heavy atom. The van der Waals surface area contributed by atoms with Crippen molar-refractivity contribution in [3.05, 3.63) is 24.3 Å². The Bertz CT molecular complexity index is 186. The lowest BCUT2D eigenvalue weighted by Gasteiger charge is -2.24. The second-order valence-electron chi connectivity index (χ2n) is 4.47. The first-order chi connectivity index (χ1) is 6.24. The highest BCUT2D eigenvalue weighted by molar-refractivity contribution is 5.07. The summed E-state index contributed by atoms with van der Waals surface area (Å²) in [6.07, 6.45) is 10.9. The molecule has 0 bridgehead atoms. The summed E-state index contributed by atoms with van der Waals surface area (Å²) in [5.74, 6) is 1.80. The second-order valence-corrected chi connectivity index (χ2v) is 4.47. The van der Waals surface area contributed by atoms with E-state index in [0.29, 0.717) is 0 Å². The van der Waals surface area contributed by atoms with Crippen LogP contribution < -0.4 is 0 Å². The van der Waals surface area contributed by atoms with Crippen molar-refractivity contribution in [2.75, 3.05) is 0 Å². The average molecular weight is 178 g/mol. The molecule has 1 rings (SSSR count). The van der Waals surface area contributed by atoms with Gasteiger partial charge in [0.1, 0.15) is 0 Å². The first kappa shape index (κ1) is 10.6. The van der Waals surface area contributed by atoms with Crippen LogP contribution in [-0.4, -0.2) is 0 Å². The SMILES string of the molecule is C=CCCC1=CC[C@H](C(C)C)CC1. The van der Waals surface area contributed by atoms with Crippen molar-refractivity contribution in [3.63, 3.8) is 0 Å². The van der Waals surface area contributed by atoms with E-state index in [1.54, 1.807) is 5.57 Å². The van der Waals surface area contributed by atoms with Crippen molar-refractivity contribution < 1.29 is 0 Å². The summed E-state index contributed by atoms with van der Waals surface area (Å²) in [4.78, 5) is 0. The summed E-state index contributed by atoms with van der Waals surface area (Å²) in [7, 11) is 0. The minimum atomic E-state index is 0.859. The smallest absolute Gasteiger partial charge is 0.0286 e. The van der Waals surface area contributed by atoms with Gasteiger partial charge < -0.3 is 0 Å². The lowest BCUT2D eigenvalue weighted by molar-refractivity contribution is 0.348. The van der Waals surface area contributed by atoms with E-state index in [9.17, 15) is 0 Å². The lowest BCUT2D eigenvalue weighted by Crippen LogP contribution is -2.11. The van der Waals surface area contributed by atoms with Gasteiger partial charge >= 0.3 is 0 Å². The molecule has 1 aliphatic rings. The third kappa shape index (κ3) is 3.38. The third-order valence-corrected chi connectivity index (χ3v) is 3.16. The molecule has 74 valence electrons. The van der Waals surface area contributed by atoms with Crippen molar-refractivity contribution >= 4 is 0 Å². The van der Waals surface area contributed by atoms with Crippen LogP contribution in [0, 0.1) is 11.8 Å². The van der Waals surface area contributed by atoms with Gasteiger partial charge in [-0.25, -0.2) is 0 Å². The summed E-state index contributed by atoms with van der Waals surface area (Å²) < 4.78 is 0. The van der Waals surface area contributed by atoms with Crippen LogP contribution in [-0.2, 0) is 0 Å². The van der Waals surface area contributed by atoms with Gasteiger partial charge in [-0.2, -0.15) is 0 Å². The first-order valence-electron chi connectivity index (χ1n) is 5.53. The number of rotatable bonds is 4. The molecule has 0 fully saturated rings. The Hall–Kier alpha value is -0.520. The summed E-state index contributed by atoms with van der Waals surface area (Å²) >= 11 is 0. The normalized spacial score (nSPS) is 23.0. The second kappa shape index (κ2) is 5.26. The zero-order chi connectivity index (χ0) is 9.68. The van der Waals surface area contributed by atoms with Crippen molar-refractivity contribution in [3.8, 4) is 0 Å². The van der Waals surface area contributed by atoms with Gasteiger partial charge in [-0.05, 0) is 43.9 Å². The van der Waals surface area contributed by atoms with E-state index < -0.39 is 0 Å². The van der Waals surface area contributed by atoms with Crippen LogP contribution in [0.25, 0.3) is 0 Å². The van der Waals surface area contributed by atoms with Crippen molar-refractivity contribution in [1.82, 2.24) is 0 Å². The molecule has 0 aromatic rings. The van der Waals surface area contributed by atoms with Crippen LogP contribution in [0.3, 0.4) is 0 Å². The predicted octanol–water partition coefficient (Wildman–Crippen LogP) is 4.34. The lowest BCUT2D eigenvalue weighted by atomic mass is 9.81. The van der Waals surface area contributed by atoms with Crippen LogP contribution in [0.15, 0.2) is 24.3 Å². The van der Waals surface area contributed by atoms with Crippen LogP contribution in [0.5, 0.6) is 0 Å². The zero-order valence-corrected chi connectivity index (χ0v) is 9.05. The predicted molar refractivity (Wildman–Crippen MR) is 59.7 cm³/mol. The molecular formula is C13H22. The largest absolute Gasteiger partial charge is 0.103 e. The summed E-state index contributed by atoms with van der Waals surface area (Å²) in [5.41, 5.74) is 1.66. The molecule has 13 heavy (non-hydrogen) atoms. The minimum Gasteiger partial charge on any atom is -0.103 e. The maximum absolute atomic E-state index is 3.76. The van der Waals surface area contributed by atoms with Gasteiger partial charge in [0.15, 0.2) is 0 Å². The maximum Gasteiger partial charge on any atom is -0.0286 e. The maximum atomic E-state index is 3.76. The van der Waals surface area contributed by atoms with E-state index in [1.165, 1.54) is 25.7 Å². The van der Waals surface area contributed by atoms with Crippen LogP contribution in [0.4, 0.5) is 0 Å². The molecule has 0 aromatic carbocycles. The molecule has 0 heteroatoms. The molecule has 0 saturated carbocycles. The fraction of sp³-hybridized carbons (Fsp3) is 0.692. The highest BCUT2D eigenvalue weighted by Gasteiger charge is 2.16. The van der Waals surface area contributed by atoms with E-state index in [-0.39, 0.29) is 0 Å². The van der Waals surface area contributed by atoms with Crippen molar-refractivity contribution in [2.24, 2.45) is 11.8 Å². The van der Waals surface area contributed by atoms with E-state index >= 15 is 0 Å². The Kier molecular flexibility index (Phi) is 4.27. The standard InChI is InChI=1S/C13H22/c1-4-5-6-12-7-9-13(10-8-12)11(2)3/h4,7,11,13H,1,5-6,8-10H2,2-3H3/t13-/m0/s1. The molecule has 0 aliphatic heterocycles. The van der Waals surface area contributed by atoms with E-state index in [0.717, 1.165) is 18.3 Å². The molecule has 0 amide bonds. The van der Waals surface area contributed by atoms with Gasteiger partial charge in [0.2, 0.25) is 0 Å². The fourth-order valence-electron chi connectivity index (χ4n) is 2.03. The van der Waals surface area contributed by atoms with Gasteiger partial charge in [-0.15, -0.1) is 6.58 Å². The molecule has 1 atom stereocenters. The number of allylic oxidation sites excluding steroid dienone is 3. The van der Waals surface area contributed by atoms with Crippen molar-refractivity contribution in [1.29, 1.82) is 0 Å². The topological polar surface area (TPSA) is 0 Å². The molecule has 0 N–H and O–H groups in total. The first-order valence-corrected chi connectivity index (χ1v) is 5.53. The highest BCUT2D eigenvalue weighted by atomic mass is 14.2. The summed E-state index contributed by atoms with van der Waals surface area (Å²) in [6.45, 7) is 8.44. The molecule has 0 radical (unpaired) electrons. The summed E-state index contributed by atoms with van der Waals surface area (Å²) in [5, 5.41) is 0. The van der Waals surface area contributed by atoms with E-state index in [1.807, 2.05) is 6.08 Å².